The molecule has 1 nitrogen and oxygen atoms in total. The molecule has 0 bridgehead atoms. The second kappa shape index (κ2) is 10.8. The molecule has 15 heavy (non-hydrogen) atoms. The summed E-state index contributed by atoms with van der Waals surface area (Å²) in [6.45, 7) is 9.13. The molecule has 0 rings (SSSR count). The summed E-state index contributed by atoms with van der Waals surface area (Å²) < 4.78 is 0. The number of rotatable bonds is 10. The van der Waals surface area contributed by atoms with Crippen molar-refractivity contribution in [2.24, 2.45) is 0 Å². The SMILES string of the molecule is CCCCCC(C)NC(C)CCSCC. The molecule has 0 aliphatic carbocycles. The van der Waals surface area contributed by atoms with E-state index in [9.17, 15) is 0 Å². The Balaban J connectivity index is 3.35. The molecule has 0 heterocycles. The highest BCUT2D eigenvalue weighted by molar-refractivity contribution is 7.99. The zero-order valence-corrected chi connectivity index (χ0v) is 11.8. The number of hydrogen-bond donors (Lipinski definition) is 1. The molecule has 0 aromatic carbocycles. The molecule has 2 unspecified atom stereocenters. The number of thioether (sulfide) groups is 1. The van der Waals surface area contributed by atoms with Crippen LogP contribution in [0.4, 0.5) is 0 Å². The molecule has 0 saturated carbocycles. The Hall–Kier alpha value is 0.310. The second-order valence-electron chi connectivity index (χ2n) is 4.45. The summed E-state index contributed by atoms with van der Waals surface area (Å²) in [4.78, 5) is 0. The van der Waals surface area contributed by atoms with E-state index in [0.717, 1.165) is 0 Å². The molecular formula is C13H29NS. The van der Waals surface area contributed by atoms with Gasteiger partial charge in [-0.15, -0.1) is 0 Å². The molecule has 0 aromatic heterocycles. The van der Waals surface area contributed by atoms with Gasteiger partial charge in [-0.1, -0.05) is 33.1 Å². The van der Waals surface area contributed by atoms with Crippen molar-refractivity contribution >= 4 is 11.8 Å². The number of hydrogen-bond acceptors (Lipinski definition) is 2. The average Bonchev–Trinajstić information content (AvgIpc) is 2.18. The zero-order chi connectivity index (χ0) is 11.5. The zero-order valence-electron chi connectivity index (χ0n) is 11.0. The van der Waals surface area contributed by atoms with E-state index in [1.54, 1.807) is 0 Å². The van der Waals surface area contributed by atoms with Crippen molar-refractivity contribution in [1.82, 2.24) is 5.32 Å². The predicted octanol–water partition coefficient (Wildman–Crippen LogP) is 4.08. The fraction of sp³-hybridized carbons (Fsp3) is 1.00. The molecular weight excluding hydrogens is 202 g/mol. The normalized spacial score (nSPS) is 15.2. The minimum atomic E-state index is 0.681. The fourth-order valence-electron chi connectivity index (χ4n) is 1.76. The van der Waals surface area contributed by atoms with Gasteiger partial charge in [-0.3, -0.25) is 0 Å². The molecule has 2 heteroatoms. The van der Waals surface area contributed by atoms with Crippen LogP contribution in [0.5, 0.6) is 0 Å². The van der Waals surface area contributed by atoms with E-state index < -0.39 is 0 Å². The van der Waals surface area contributed by atoms with Gasteiger partial charge in [0.15, 0.2) is 0 Å². The number of unbranched alkanes of at least 4 members (excludes halogenated alkanes) is 2. The van der Waals surface area contributed by atoms with Gasteiger partial charge in [0.25, 0.3) is 0 Å². The van der Waals surface area contributed by atoms with Crippen molar-refractivity contribution in [2.45, 2.75) is 71.9 Å². The molecule has 92 valence electrons. The van der Waals surface area contributed by atoms with Gasteiger partial charge in [-0.05, 0) is 38.2 Å². The molecule has 1 N–H and O–H groups in total. The van der Waals surface area contributed by atoms with Crippen molar-refractivity contribution in [1.29, 1.82) is 0 Å². The van der Waals surface area contributed by atoms with Crippen LogP contribution in [-0.4, -0.2) is 23.6 Å². The van der Waals surface area contributed by atoms with Crippen molar-refractivity contribution in [3.63, 3.8) is 0 Å². The fourth-order valence-corrected chi connectivity index (χ4v) is 2.57. The van der Waals surface area contributed by atoms with Crippen molar-refractivity contribution < 1.29 is 0 Å². The minimum Gasteiger partial charge on any atom is -0.312 e. The maximum Gasteiger partial charge on any atom is 0.00490 e. The van der Waals surface area contributed by atoms with Crippen LogP contribution in [-0.2, 0) is 0 Å². The first-order valence-electron chi connectivity index (χ1n) is 6.54. The average molecular weight is 231 g/mol. The van der Waals surface area contributed by atoms with Crippen molar-refractivity contribution in [2.75, 3.05) is 11.5 Å². The standard InChI is InChI=1S/C13H29NS/c1-5-7-8-9-12(3)14-13(4)10-11-15-6-2/h12-14H,5-11H2,1-4H3. The summed E-state index contributed by atoms with van der Waals surface area (Å²) in [6.07, 6.45) is 6.72. The lowest BCUT2D eigenvalue weighted by molar-refractivity contribution is 0.426. The summed E-state index contributed by atoms with van der Waals surface area (Å²) in [5.41, 5.74) is 0. The Labute approximate surface area is 101 Å². The highest BCUT2D eigenvalue weighted by Gasteiger charge is 2.06. The molecule has 0 aliphatic rings. The second-order valence-corrected chi connectivity index (χ2v) is 5.84. The third kappa shape index (κ3) is 10.6. The van der Waals surface area contributed by atoms with Gasteiger partial charge in [0.1, 0.15) is 0 Å². The summed E-state index contributed by atoms with van der Waals surface area (Å²) in [7, 11) is 0. The molecule has 0 saturated heterocycles. The van der Waals surface area contributed by atoms with E-state index in [-0.39, 0.29) is 0 Å². The van der Waals surface area contributed by atoms with E-state index in [2.05, 4.69) is 33.0 Å². The summed E-state index contributed by atoms with van der Waals surface area (Å²) in [6, 6.07) is 1.37. The summed E-state index contributed by atoms with van der Waals surface area (Å²) in [5, 5.41) is 3.68. The van der Waals surface area contributed by atoms with E-state index in [0.29, 0.717) is 12.1 Å². The highest BCUT2D eigenvalue weighted by Crippen LogP contribution is 2.07. The quantitative estimate of drug-likeness (QED) is 0.569. The van der Waals surface area contributed by atoms with Gasteiger partial charge in [-0.25, -0.2) is 0 Å². The Morgan fingerprint density at radius 1 is 1.00 bits per heavy atom. The lowest BCUT2D eigenvalue weighted by Crippen LogP contribution is -2.34. The van der Waals surface area contributed by atoms with Crippen LogP contribution in [0.3, 0.4) is 0 Å². The van der Waals surface area contributed by atoms with E-state index in [1.807, 2.05) is 11.8 Å². The van der Waals surface area contributed by atoms with E-state index >= 15 is 0 Å². The Morgan fingerprint density at radius 3 is 2.27 bits per heavy atom. The van der Waals surface area contributed by atoms with E-state index in [4.69, 9.17) is 0 Å². The van der Waals surface area contributed by atoms with Gasteiger partial charge in [0.2, 0.25) is 0 Å². The van der Waals surface area contributed by atoms with E-state index in [1.165, 1.54) is 43.6 Å². The van der Waals surface area contributed by atoms with Crippen molar-refractivity contribution in [3.05, 3.63) is 0 Å². The van der Waals surface area contributed by atoms with Crippen LogP contribution in [0, 0.1) is 0 Å². The maximum absolute atomic E-state index is 3.68. The largest absolute Gasteiger partial charge is 0.312 e. The smallest absolute Gasteiger partial charge is 0.00490 e. The van der Waals surface area contributed by atoms with Crippen LogP contribution in [0.25, 0.3) is 0 Å². The topological polar surface area (TPSA) is 12.0 Å². The highest BCUT2D eigenvalue weighted by atomic mass is 32.2. The van der Waals surface area contributed by atoms with Gasteiger partial charge in [0, 0.05) is 12.1 Å². The molecule has 0 fully saturated rings. The lowest BCUT2D eigenvalue weighted by atomic mass is 10.1. The molecule has 2 atom stereocenters. The first kappa shape index (κ1) is 15.3. The third-order valence-electron chi connectivity index (χ3n) is 2.71. The summed E-state index contributed by atoms with van der Waals surface area (Å²) >= 11 is 2.05. The molecule has 0 spiro atoms. The van der Waals surface area contributed by atoms with Crippen LogP contribution >= 0.6 is 11.8 Å². The van der Waals surface area contributed by atoms with Gasteiger partial charge in [-0.2, -0.15) is 11.8 Å². The van der Waals surface area contributed by atoms with Gasteiger partial charge >= 0.3 is 0 Å². The van der Waals surface area contributed by atoms with Crippen molar-refractivity contribution in [3.8, 4) is 0 Å². The van der Waals surface area contributed by atoms with Crippen LogP contribution < -0.4 is 5.32 Å². The number of nitrogens with one attached hydrogen (secondary N) is 1. The lowest BCUT2D eigenvalue weighted by Gasteiger charge is -2.19. The van der Waals surface area contributed by atoms with Crippen LogP contribution in [0.2, 0.25) is 0 Å². The first-order chi connectivity index (χ1) is 7.20. The Bertz CT molecular complexity index is 114. The monoisotopic (exact) mass is 231 g/mol. The van der Waals surface area contributed by atoms with Gasteiger partial charge < -0.3 is 5.32 Å². The molecule has 0 aromatic rings. The Kier molecular flexibility index (Phi) is 11.0. The van der Waals surface area contributed by atoms with Crippen LogP contribution in [0.15, 0.2) is 0 Å². The maximum atomic E-state index is 3.68. The third-order valence-corrected chi connectivity index (χ3v) is 3.64. The van der Waals surface area contributed by atoms with Gasteiger partial charge in [0.05, 0.1) is 0 Å². The molecule has 0 aliphatic heterocycles. The predicted molar refractivity (Wildman–Crippen MR) is 73.8 cm³/mol. The Morgan fingerprint density at radius 2 is 1.67 bits per heavy atom. The molecule has 0 amide bonds. The first-order valence-corrected chi connectivity index (χ1v) is 7.69. The molecule has 0 radical (unpaired) electrons. The summed E-state index contributed by atoms with van der Waals surface area (Å²) in [5.74, 6) is 2.55. The van der Waals surface area contributed by atoms with Crippen LogP contribution in [0.1, 0.15) is 59.8 Å². The minimum absolute atomic E-state index is 0.681.